The van der Waals surface area contributed by atoms with Gasteiger partial charge in [-0.2, -0.15) is 5.10 Å². The molecule has 202 valence electrons. The van der Waals surface area contributed by atoms with Gasteiger partial charge in [-0.1, -0.05) is 51.1 Å². The van der Waals surface area contributed by atoms with Crippen LogP contribution >= 0.6 is 0 Å². The van der Waals surface area contributed by atoms with E-state index in [4.69, 9.17) is 15.6 Å². The maximum Gasteiger partial charge on any atom is 0.324 e. The van der Waals surface area contributed by atoms with Crippen LogP contribution in [0, 0.1) is 6.92 Å². The summed E-state index contributed by atoms with van der Waals surface area (Å²) >= 11 is 0. The molecule has 0 aliphatic heterocycles. The normalized spacial score (nSPS) is 11.2. The maximum atomic E-state index is 12.9. The molecule has 10 nitrogen and oxygen atoms in total. The lowest BCUT2D eigenvalue weighted by Gasteiger charge is -2.14. The lowest BCUT2D eigenvalue weighted by molar-refractivity contribution is 0.262. The van der Waals surface area contributed by atoms with E-state index in [2.05, 4.69) is 46.4 Å². The molecule has 4 N–H and O–H groups in total. The number of para-hydroxylation sites is 1. The van der Waals surface area contributed by atoms with Gasteiger partial charge in [-0.3, -0.25) is 5.32 Å². The number of carbonyl (C=O) groups excluding carboxylic acids is 1. The van der Waals surface area contributed by atoms with E-state index in [1.165, 1.54) is 12.4 Å². The maximum absolute atomic E-state index is 12.9. The van der Waals surface area contributed by atoms with E-state index in [-0.39, 0.29) is 11.4 Å². The second-order valence-electron chi connectivity index (χ2n) is 10.3. The van der Waals surface area contributed by atoms with Gasteiger partial charge in [0.05, 0.1) is 29.5 Å². The Morgan fingerprint density at radius 3 is 2.33 bits per heavy atom. The summed E-state index contributed by atoms with van der Waals surface area (Å²) in [6, 6.07) is 20.6. The predicted octanol–water partition coefficient (Wildman–Crippen LogP) is 6.35. The number of amides is 2. The number of benzene rings is 2. The molecular formula is C30H30N8O2. The van der Waals surface area contributed by atoms with Crippen LogP contribution in [0.5, 0.6) is 11.8 Å². The van der Waals surface area contributed by atoms with E-state index in [0.29, 0.717) is 23.1 Å². The molecule has 0 saturated carbocycles. The molecule has 0 unspecified atom stereocenters. The van der Waals surface area contributed by atoms with Gasteiger partial charge in [0.1, 0.15) is 17.4 Å². The van der Waals surface area contributed by atoms with Gasteiger partial charge >= 0.3 is 12.0 Å². The fraction of sp³-hybridized carbons (Fsp3) is 0.167. The zero-order chi connectivity index (χ0) is 28.3. The Labute approximate surface area is 232 Å². The molecule has 3 aromatic heterocycles. The number of nitrogens with one attached hydrogen (secondary N) is 2. The van der Waals surface area contributed by atoms with Crippen LogP contribution in [0.4, 0.5) is 22.1 Å². The molecule has 10 heteroatoms. The topological polar surface area (TPSA) is 133 Å². The fourth-order valence-electron chi connectivity index (χ4n) is 4.00. The number of carbonyl (C=O) groups is 1. The Kier molecular flexibility index (Phi) is 7.15. The standard InChI is InChI=1S/C30H30N8O2/c1-19-8-5-6-10-24(19)38-26(16-25(37-38)30(2,3)4)36-28(39)35-21-17-33-29(34-18-21)40-22-13-11-20(12-14-22)23-9-7-15-32-27(23)31/h5-18H,1-4H3,(H2,31,32)(H2,35,36,39). The summed E-state index contributed by atoms with van der Waals surface area (Å²) in [6.07, 6.45) is 4.61. The Bertz CT molecular complexity index is 1640. The summed E-state index contributed by atoms with van der Waals surface area (Å²) < 4.78 is 7.50. The molecular weight excluding hydrogens is 504 g/mol. The third-order valence-electron chi connectivity index (χ3n) is 6.16. The highest BCUT2D eigenvalue weighted by molar-refractivity contribution is 5.99. The molecule has 0 fully saturated rings. The lowest BCUT2D eigenvalue weighted by Crippen LogP contribution is -2.21. The highest BCUT2D eigenvalue weighted by atomic mass is 16.5. The quantitative estimate of drug-likeness (QED) is 0.231. The highest BCUT2D eigenvalue weighted by Crippen LogP contribution is 2.29. The van der Waals surface area contributed by atoms with E-state index in [9.17, 15) is 4.79 Å². The van der Waals surface area contributed by atoms with Crippen molar-refractivity contribution in [1.82, 2.24) is 24.7 Å². The third kappa shape index (κ3) is 5.91. The van der Waals surface area contributed by atoms with Crippen molar-refractivity contribution in [3.63, 3.8) is 0 Å². The second kappa shape index (κ2) is 10.9. The molecule has 0 radical (unpaired) electrons. The minimum atomic E-state index is -0.447. The average molecular weight is 535 g/mol. The summed E-state index contributed by atoms with van der Waals surface area (Å²) in [5.41, 5.74) is 10.7. The van der Waals surface area contributed by atoms with Crippen molar-refractivity contribution in [2.75, 3.05) is 16.4 Å². The number of hydrogen-bond acceptors (Lipinski definition) is 7. The summed E-state index contributed by atoms with van der Waals surface area (Å²) in [4.78, 5) is 25.4. The summed E-state index contributed by atoms with van der Waals surface area (Å²) in [5, 5.41) is 10.4. The van der Waals surface area contributed by atoms with Crippen LogP contribution in [-0.4, -0.2) is 30.8 Å². The first-order valence-corrected chi connectivity index (χ1v) is 12.7. The van der Waals surface area contributed by atoms with Crippen LogP contribution < -0.4 is 21.1 Å². The number of anilines is 3. The number of hydrogen-bond donors (Lipinski definition) is 3. The van der Waals surface area contributed by atoms with Crippen molar-refractivity contribution in [1.29, 1.82) is 0 Å². The van der Waals surface area contributed by atoms with Crippen molar-refractivity contribution in [2.45, 2.75) is 33.1 Å². The molecule has 0 spiro atoms. The first kappa shape index (κ1) is 26.4. The minimum absolute atomic E-state index is 0.145. The molecule has 40 heavy (non-hydrogen) atoms. The number of nitrogens with zero attached hydrogens (tertiary/aromatic N) is 5. The highest BCUT2D eigenvalue weighted by Gasteiger charge is 2.22. The number of aryl methyl sites for hydroxylation is 1. The van der Waals surface area contributed by atoms with Gasteiger partial charge in [-0.15, -0.1) is 0 Å². The molecule has 0 saturated heterocycles. The Morgan fingerprint density at radius 2 is 1.65 bits per heavy atom. The first-order chi connectivity index (χ1) is 19.2. The van der Waals surface area contributed by atoms with Gasteiger partial charge < -0.3 is 15.8 Å². The molecule has 0 bridgehead atoms. The Balaban J connectivity index is 1.25. The molecule has 3 heterocycles. The number of pyridine rings is 1. The van der Waals surface area contributed by atoms with Crippen molar-refractivity contribution in [2.24, 2.45) is 0 Å². The number of nitrogens with two attached hydrogens (primary N) is 1. The van der Waals surface area contributed by atoms with Gasteiger partial charge in [0, 0.05) is 23.2 Å². The van der Waals surface area contributed by atoms with Crippen molar-refractivity contribution in [3.05, 3.63) is 96.6 Å². The largest absolute Gasteiger partial charge is 0.424 e. The number of ether oxygens (including phenoxy) is 1. The van der Waals surface area contributed by atoms with Crippen LogP contribution in [0.15, 0.2) is 85.3 Å². The minimum Gasteiger partial charge on any atom is -0.424 e. The molecule has 0 aliphatic carbocycles. The summed E-state index contributed by atoms with van der Waals surface area (Å²) in [7, 11) is 0. The van der Waals surface area contributed by atoms with Crippen LogP contribution in [0.1, 0.15) is 32.0 Å². The van der Waals surface area contributed by atoms with Crippen LogP contribution in [-0.2, 0) is 5.41 Å². The smallest absolute Gasteiger partial charge is 0.324 e. The number of nitrogen functional groups attached to an aromatic ring is 1. The lowest BCUT2D eigenvalue weighted by atomic mass is 9.92. The fourth-order valence-corrected chi connectivity index (χ4v) is 4.00. The summed E-state index contributed by atoms with van der Waals surface area (Å²) in [6.45, 7) is 8.23. The molecule has 5 aromatic rings. The van der Waals surface area contributed by atoms with Gasteiger partial charge in [0.15, 0.2) is 0 Å². The van der Waals surface area contributed by atoms with Gasteiger partial charge in [0.25, 0.3) is 0 Å². The first-order valence-electron chi connectivity index (χ1n) is 12.7. The predicted molar refractivity (Wildman–Crippen MR) is 156 cm³/mol. The zero-order valence-electron chi connectivity index (χ0n) is 22.7. The SMILES string of the molecule is Cc1ccccc1-n1nc(C(C)(C)C)cc1NC(=O)Nc1cnc(Oc2ccc(-c3cccnc3N)cc2)nc1. The number of urea groups is 1. The monoisotopic (exact) mass is 534 g/mol. The molecule has 2 aromatic carbocycles. The Morgan fingerprint density at radius 1 is 0.925 bits per heavy atom. The van der Waals surface area contributed by atoms with E-state index in [1.807, 2.05) is 61.5 Å². The van der Waals surface area contributed by atoms with Gasteiger partial charge in [0.2, 0.25) is 0 Å². The van der Waals surface area contributed by atoms with E-state index >= 15 is 0 Å². The van der Waals surface area contributed by atoms with E-state index < -0.39 is 6.03 Å². The van der Waals surface area contributed by atoms with Crippen molar-refractivity contribution in [3.8, 4) is 28.6 Å². The van der Waals surface area contributed by atoms with E-state index in [0.717, 1.165) is 28.1 Å². The number of aromatic nitrogens is 5. The molecule has 2 amide bonds. The zero-order valence-corrected chi connectivity index (χ0v) is 22.7. The van der Waals surface area contributed by atoms with Gasteiger partial charge in [-0.25, -0.2) is 24.4 Å². The van der Waals surface area contributed by atoms with Crippen molar-refractivity contribution >= 4 is 23.4 Å². The Hall–Kier alpha value is -5.25. The molecule has 0 aliphatic rings. The number of rotatable bonds is 6. The molecule has 5 rings (SSSR count). The molecule has 0 atom stereocenters. The van der Waals surface area contributed by atoms with E-state index in [1.54, 1.807) is 23.0 Å². The van der Waals surface area contributed by atoms with Crippen LogP contribution in [0.25, 0.3) is 16.8 Å². The summed E-state index contributed by atoms with van der Waals surface area (Å²) in [5.74, 6) is 1.57. The van der Waals surface area contributed by atoms with Crippen molar-refractivity contribution < 1.29 is 9.53 Å². The van der Waals surface area contributed by atoms with Crippen LogP contribution in [0.2, 0.25) is 0 Å². The van der Waals surface area contributed by atoms with Crippen LogP contribution in [0.3, 0.4) is 0 Å². The second-order valence-corrected chi connectivity index (χ2v) is 10.3. The average Bonchev–Trinajstić information content (AvgIpc) is 3.35. The van der Waals surface area contributed by atoms with Gasteiger partial charge in [-0.05, 0) is 48.4 Å². The third-order valence-corrected chi connectivity index (χ3v) is 6.16.